The minimum absolute atomic E-state index is 0.0569. The minimum Gasteiger partial charge on any atom is -0.488 e. The number of ether oxygens (including phenoxy) is 1. The second kappa shape index (κ2) is 10.6. The predicted molar refractivity (Wildman–Crippen MR) is 138 cm³/mol. The average molecular weight is 479 g/mol. The Balaban J connectivity index is 1.17. The Kier molecular flexibility index (Phi) is 7.27. The van der Waals surface area contributed by atoms with Crippen molar-refractivity contribution in [1.82, 2.24) is 14.7 Å². The molecule has 2 aromatic rings. The molecule has 188 valence electrons. The maximum atomic E-state index is 11.6. The van der Waals surface area contributed by atoms with Gasteiger partial charge in [-0.1, -0.05) is 30.3 Å². The number of likely N-dealkylation sites (N-methyl/N-ethyl adjacent to an activating group) is 1. The van der Waals surface area contributed by atoms with Gasteiger partial charge in [0, 0.05) is 84.5 Å². The number of rotatable bonds is 6. The Morgan fingerprint density at radius 2 is 1.74 bits per heavy atom. The molecule has 0 aliphatic carbocycles. The van der Waals surface area contributed by atoms with Gasteiger partial charge in [0.2, 0.25) is 5.91 Å². The van der Waals surface area contributed by atoms with Crippen LogP contribution in [0, 0.1) is 0 Å². The Hall–Kier alpha value is -2.61. The first-order valence-electron chi connectivity index (χ1n) is 12.9. The molecular weight excluding hydrogens is 440 g/mol. The Morgan fingerprint density at radius 3 is 2.51 bits per heavy atom. The molecule has 1 amide bonds. The van der Waals surface area contributed by atoms with Gasteiger partial charge in [0.25, 0.3) is 0 Å². The molecule has 5 rings (SSSR count). The van der Waals surface area contributed by atoms with E-state index in [0.29, 0.717) is 19.6 Å². The van der Waals surface area contributed by atoms with E-state index in [0.717, 1.165) is 57.9 Å². The van der Waals surface area contributed by atoms with Crippen LogP contribution in [-0.4, -0.2) is 90.8 Å². The zero-order valence-electron chi connectivity index (χ0n) is 21.0. The van der Waals surface area contributed by atoms with Crippen LogP contribution in [0.5, 0.6) is 5.75 Å². The second-order valence-electron chi connectivity index (χ2n) is 10.3. The number of carbonyl (C=O) groups is 1. The smallest absolute Gasteiger partial charge is 0.219 e. The van der Waals surface area contributed by atoms with Gasteiger partial charge >= 0.3 is 0 Å². The van der Waals surface area contributed by atoms with Crippen molar-refractivity contribution in [1.29, 1.82) is 0 Å². The van der Waals surface area contributed by atoms with Crippen LogP contribution >= 0.6 is 0 Å². The van der Waals surface area contributed by atoms with E-state index in [4.69, 9.17) is 4.74 Å². The minimum atomic E-state index is -0.374. The number of likely N-dealkylation sites (tertiary alicyclic amines) is 1. The van der Waals surface area contributed by atoms with Gasteiger partial charge in [-0.15, -0.1) is 0 Å². The molecular formula is C28H38N4O3. The molecule has 0 spiro atoms. The molecule has 2 atom stereocenters. The third-order valence-electron chi connectivity index (χ3n) is 7.65. The number of aliphatic hydroxyl groups excluding tert-OH is 1. The van der Waals surface area contributed by atoms with Gasteiger partial charge in [0.15, 0.2) is 0 Å². The highest BCUT2D eigenvalue weighted by Gasteiger charge is 2.27. The van der Waals surface area contributed by atoms with Crippen molar-refractivity contribution in [3.05, 3.63) is 59.2 Å². The van der Waals surface area contributed by atoms with E-state index in [1.165, 1.54) is 22.4 Å². The maximum absolute atomic E-state index is 11.6. The van der Waals surface area contributed by atoms with Crippen molar-refractivity contribution in [3.8, 4) is 5.75 Å². The van der Waals surface area contributed by atoms with Crippen molar-refractivity contribution >= 4 is 11.6 Å². The fourth-order valence-electron chi connectivity index (χ4n) is 5.66. The number of amides is 1. The molecule has 1 saturated heterocycles. The normalized spacial score (nSPS) is 21.9. The van der Waals surface area contributed by atoms with Crippen molar-refractivity contribution in [2.45, 2.75) is 45.1 Å². The summed E-state index contributed by atoms with van der Waals surface area (Å²) in [6.45, 7) is 9.00. The van der Waals surface area contributed by atoms with Gasteiger partial charge in [-0.3, -0.25) is 14.6 Å². The Bertz CT molecular complexity index is 1040. The number of nitrogens with zero attached hydrogens (tertiary/aromatic N) is 4. The zero-order chi connectivity index (χ0) is 24.4. The number of anilines is 1. The van der Waals surface area contributed by atoms with Crippen LogP contribution in [0.15, 0.2) is 42.5 Å². The Labute approximate surface area is 208 Å². The van der Waals surface area contributed by atoms with Gasteiger partial charge in [0.05, 0.1) is 12.6 Å². The lowest BCUT2D eigenvalue weighted by Gasteiger charge is -2.32. The molecule has 2 aromatic carbocycles. The molecule has 1 unspecified atom stereocenters. The first kappa shape index (κ1) is 24.1. The van der Waals surface area contributed by atoms with Gasteiger partial charge in [-0.25, -0.2) is 0 Å². The lowest BCUT2D eigenvalue weighted by Crippen LogP contribution is -2.42. The van der Waals surface area contributed by atoms with Gasteiger partial charge in [0.1, 0.15) is 11.9 Å². The number of β-amino-alcohol motifs (C(OH)–C–C–N with tert-alkyl or cyclic N) is 1. The summed E-state index contributed by atoms with van der Waals surface area (Å²) in [5.41, 5.74) is 5.28. The lowest BCUT2D eigenvalue weighted by molar-refractivity contribution is -0.128. The highest BCUT2D eigenvalue weighted by molar-refractivity contribution is 5.73. The molecule has 3 aliphatic rings. The number of hydrogen-bond donors (Lipinski definition) is 1. The van der Waals surface area contributed by atoms with E-state index < -0.39 is 0 Å². The van der Waals surface area contributed by atoms with Crippen molar-refractivity contribution in [2.75, 3.05) is 57.8 Å². The molecule has 7 heteroatoms. The third-order valence-corrected chi connectivity index (χ3v) is 7.65. The van der Waals surface area contributed by atoms with Crippen LogP contribution in [-0.2, 0) is 24.3 Å². The molecule has 3 aliphatic heterocycles. The molecule has 35 heavy (non-hydrogen) atoms. The first-order chi connectivity index (χ1) is 16.9. The van der Waals surface area contributed by atoms with E-state index >= 15 is 0 Å². The number of aliphatic hydroxyl groups is 1. The number of benzene rings is 2. The Morgan fingerprint density at radius 1 is 1.00 bits per heavy atom. The van der Waals surface area contributed by atoms with Crippen molar-refractivity contribution in [2.24, 2.45) is 0 Å². The van der Waals surface area contributed by atoms with E-state index in [-0.39, 0.29) is 18.1 Å². The van der Waals surface area contributed by atoms with E-state index in [9.17, 15) is 9.90 Å². The fourth-order valence-corrected chi connectivity index (χ4v) is 5.66. The van der Waals surface area contributed by atoms with Gasteiger partial charge in [-0.05, 0) is 29.2 Å². The largest absolute Gasteiger partial charge is 0.488 e. The van der Waals surface area contributed by atoms with E-state index in [2.05, 4.69) is 58.1 Å². The molecule has 7 nitrogen and oxygen atoms in total. The van der Waals surface area contributed by atoms with E-state index in [1.54, 1.807) is 6.92 Å². The zero-order valence-corrected chi connectivity index (χ0v) is 21.0. The predicted octanol–water partition coefficient (Wildman–Crippen LogP) is 2.36. The summed E-state index contributed by atoms with van der Waals surface area (Å²) in [7, 11) is 2.13. The molecule has 0 radical (unpaired) electrons. The van der Waals surface area contributed by atoms with Crippen LogP contribution in [0.25, 0.3) is 0 Å². The monoisotopic (exact) mass is 478 g/mol. The van der Waals surface area contributed by atoms with E-state index in [1.807, 2.05) is 11.0 Å². The van der Waals surface area contributed by atoms with Crippen molar-refractivity contribution in [3.63, 3.8) is 0 Å². The second-order valence-corrected chi connectivity index (χ2v) is 10.3. The first-order valence-corrected chi connectivity index (χ1v) is 12.9. The maximum Gasteiger partial charge on any atom is 0.219 e. The number of fused-ring (bicyclic) bond motifs is 2. The molecule has 0 aromatic heterocycles. The molecule has 1 N–H and O–H groups in total. The molecule has 3 heterocycles. The van der Waals surface area contributed by atoms with Crippen LogP contribution in [0.1, 0.15) is 30.0 Å². The summed E-state index contributed by atoms with van der Waals surface area (Å²) >= 11 is 0. The average Bonchev–Trinajstić information content (AvgIpc) is 3.26. The number of hydrogen-bond acceptors (Lipinski definition) is 6. The summed E-state index contributed by atoms with van der Waals surface area (Å²) < 4.78 is 6.23. The lowest BCUT2D eigenvalue weighted by atomic mass is 10.00. The summed E-state index contributed by atoms with van der Waals surface area (Å²) in [6.07, 6.45) is 1.62. The van der Waals surface area contributed by atoms with Crippen molar-refractivity contribution < 1.29 is 14.6 Å². The SMILES string of the molecule is CC(=O)N1CC[C@H](Oc2ccc3c(c2)N(C)CCN(CC(O)CN2CCc4ccccc4C2)C3)C1. The van der Waals surface area contributed by atoms with Crippen LogP contribution in [0.3, 0.4) is 0 Å². The van der Waals surface area contributed by atoms with Crippen LogP contribution < -0.4 is 9.64 Å². The topological polar surface area (TPSA) is 59.5 Å². The quantitative estimate of drug-likeness (QED) is 0.688. The highest BCUT2D eigenvalue weighted by Crippen LogP contribution is 2.30. The highest BCUT2D eigenvalue weighted by atomic mass is 16.5. The van der Waals surface area contributed by atoms with Gasteiger partial charge < -0.3 is 19.6 Å². The fraction of sp³-hybridized carbons (Fsp3) is 0.536. The standard InChI is InChI=1S/C28H38N4O3/c1-21(33)32-12-10-27(20-32)35-26-8-7-24-17-31(14-13-29(2)28(24)15-26)19-25(34)18-30-11-9-22-5-3-4-6-23(22)16-30/h3-8,15,25,27,34H,9-14,16-20H2,1-2H3/t25?,27-/m0/s1. The molecule has 0 bridgehead atoms. The molecule has 0 saturated carbocycles. The summed E-state index contributed by atoms with van der Waals surface area (Å²) in [5.74, 6) is 0.981. The summed E-state index contributed by atoms with van der Waals surface area (Å²) in [5, 5.41) is 10.9. The summed E-state index contributed by atoms with van der Waals surface area (Å²) in [4.78, 5) is 20.5. The van der Waals surface area contributed by atoms with Crippen LogP contribution in [0.2, 0.25) is 0 Å². The molecule has 1 fully saturated rings. The summed E-state index contributed by atoms with van der Waals surface area (Å²) in [6, 6.07) is 15.0. The van der Waals surface area contributed by atoms with Crippen LogP contribution in [0.4, 0.5) is 5.69 Å². The van der Waals surface area contributed by atoms with Gasteiger partial charge in [-0.2, -0.15) is 0 Å². The number of carbonyl (C=O) groups excluding carboxylic acids is 1. The third kappa shape index (κ3) is 5.80.